The Morgan fingerprint density at radius 3 is 2.81 bits per heavy atom. The van der Waals surface area contributed by atoms with Gasteiger partial charge in [0.25, 0.3) is 0 Å². The van der Waals surface area contributed by atoms with Crippen molar-refractivity contribution in [1.82, 2.24) is 30.5 Å². The Kier molecular flexibility index (Phi) is 8.77. The van der Waals surface area contributed by atoms with Gasteiger partial charge in [0.05, 0.1) is 19.8 Å². The van der Waals surface area contributed by atoms with Crippen LogP contribution in [0, 0.1) is 5.82 Å². The first kappa shape index (κ1) is 25.5. The first-order chi connectivity index (χ1) is 17.6. The van der Waals surface area contributed by atoms with E-state index in [0.29, 0.717) is 49.7 Å². The molecule has 1 unspecified atom stereocenters. The van der Waals surface area contributed by atoms with Crippen LogP contribution in [0.15, 0.2) is 36.5 Å². The van der Waals surface area contributed by atoms with Crippen LogP contribution in [0.2, 0.25) is 0 Å². The number of nitrogens with one attached hydrogen (secondary N) is 1. The van der Waals surface area contributed by atoms with E-state index < -0.39 is 11.9 Å². The Balaban J connectivity index is 1.48. The Morgan fingerprint density at radius 1 is 1.25 bits per heavy atom. The van der Waals surface area contributed by atoms with Gasteiger partial charge in [0, 0.05) is 44.4 Å². The van der Waals surface area contributed by atoms with Crippen molar-refractivity contribution in [1.29, 1.82) is 0 Å². The maximum atomic E-state index is 15.0. The molecule has 1 saturated heterocycles. The maximum absolute atomic E-state index is 15.0. The van der Waals surface area contributed by atoms with Gasteiger partial charge < -0.3 is 19.7 Å². The summed E-state index contributed by atoms with van der Waals surface area (Å²) in [5.74, 6) is 1.32. The van der Waals surface area contributed by atoms with Gasteiger partial charge in [0.15, 0.2) is 5.82 Å². The molecule has 2 aromatic heterocycles. The molecule has 1 fully saturated rings. The number of pyridine rings is 1. The number of ether oxygens (including phenoxy) is 2. The third-order valence-corrected chi connectivity index (χ3v) is 6.14. The molecule has 3 aromatic rings. The highest BCUT2D eigenvalue weighted by Gasteiger charge is 2.25. The molecule has 0 aliphatic carbocycles. The molecule has 0 spiro atoms. The SMILES string of the molecule is CCOC(=O)CCCn1nnnc1C(NCCc1ccc(N2CCC2)nc1)c1cc(OC)ccc1F. The molecule has 4 rings (SSSR count). The third-order valence-electron chi connectivity index (χ3n) is 6.14. The Bertz CT molecular complexity index is 1130. The lowest BCUT2D eigenvalue weighted by atomic mass is 10.0. The average Bonchev–Trinajstić information content (AvgIpc) is 3.31. The van der Waals surface area contributed by atoms with Gasteiger partial charge in [0.2, 0.25) is 0 Å². The number of rotatable bonds is 13. The Morgan fingerprint density at radius 2 is 2.11 bits per heavy atom. The molecule has 0 saturated carbocycles. The fraction of sp³-hybridized carbons (Fsp3) is 0.480. The summed E-state index contributed by atoms with van der Waals surface area (Å²) in [6.07, 6.45) is 4.53. The first-order valence-corrected chi connectivity index (χ1v) is 12.3. The molecular formula is C25H32FN7O3. The largest absolute Gasteiger partial charge is 0.497 e. The van der Waals surface area contributed by atoms with Crippen molar-refractivity contribution in [3.05, 3.63) is 59.3 Å². The molecule has 1 N–H and O–H groups in total. The topological polar surface area (TPSA) is 107 Å². The quantitative estimate of drug-likeness (QED) is 0.357. The first-order valence-electron chi connectivity index (χ1n) is 12.3. The van der Waals surface area contributed by atoms with Gasteiger partial charge in [-0.2, -0.15) is 0 Å². The van der Waals surface area contributed by atoms with Crippen LogP contribution in [0.25, 0.3) is 0 Å². The number of carbonyl (C=O) groups is 1. The lowest BCUT2D eigenvalue weighted by molar-refractivity contribution is -0.143. The lowest BCUT2D eigenvalue weighted by Gasteiger charge is -2.31. The van der Waals surface area contributed by atoms with Gasteiger partial charge >= 0.3 is 5.97 Å². The molecule has 0 bridgehead atoms. The van der Waals surface area contributed by atoms with Crippen molar-refractivity contribution in [2.24, 2.45) is 0 Å². The molecule has 3 heterocycles. The molecule has 192 valence electrons. The monoisotopic (exact) mass is 497 g/mol. The molecular weight excluding hydrogens is 465 g/mol. The molecule has 1 aliphatic heterocycles. The number of aryl methyl sites for hydroxylation is 1. The number of aromatic nitrogens is 5. The summed E-state index contributed by atoms with van der Waals surface area (Å²) in [5.41, 5.74) is 1.45. The van der Waals surface area contributed by atoms with E-state index >= 15 is 0 Å². The van der Waals surface area contributed by atoms with E-state index in [9.17, 15) is 9.18 Å². The summed E-state index contributed by atoms with van der Waals surface area (Å²) in [6, 6.07) is 8.08. The van der Waals surface area contributed by atoms with Crippen LogP contribution < -0.4 is 15.0 Å². The van der Waals surface area contributed by atoms with Gasteiger partial charge in [0.1, 0.15) is 17.4 Å². The summed E-state index contributed by atoms with van der Waals surface area (Å²) >= 11 is 0. The van der Waals surface area contributed by atoms with Crippen molar-refractivity contribution in [3.63, 3.8) is 0 Å². The standard InChI is InChI=1S/C25H32FN7O3/c1-3-36-23(34)6-4-15-33-25(29-30-31-33)24(20-16-19(35-2)8-9-21(20)26)27-12-11-18-7-10-22(28-17-18)32-13-5-14-32/h7-10,16-17,24,27H,3-6,11-15H2,1-2H3. The Labute approximate surface area is 209 Å². The molecule has 0 amide bonds. The zero-order chi connectivity index (χ0) is 25.3. The molecule has 1 aliphatic rings. The zero-order valence-electron chi connectivity index (χ0n) is 20.7. The van der Waals surface area contributed by atoms with Crippen molar-refractivity contribution in [2.45, 2.75) is 45.2 Å². The van der Waals surface area contributed by atoms with E-state index in [2.05, 4.69) is 36.8 Å². The number of tetrazole rings is 1. The minimum Gasteiger partial charge on any atom is -0.497 e. The highest BCUT2D eigenvalue weighted by molar-refractivity contribution is 5.69. The van der Waals surface area contributed by atoms with E-state index in [-0.39, 0.29) is 12.4 Å². The highest BCUT2D eigenvalue weighted by Crippen LogP contribution is 2.27. The number of carbonyl (C=O) groups excluding carboxylic acids is 1. The second-order valence-corrected chi connectivity index (χ2v) is 8.56. The van der Waals surface area contributed by atoms with E-state index in [4.69, 9.17) is 9.47 Å². The zero-order valence-corrected chi connectivity index (χ0v) is 20.7. The van der Waals surface area contributed by atoms with Gasteiger partial charge in [-0.1, -0.05) is 6.07 Å². The minimum absolute atomic E-state index is 0.249. The Hall–Kier alpha value is -3.60. The van der Waals surface area contributed by atoms with Crippen LogP contribution in [0.5, 0.6) is 5.75 Å². The van der Waals surface area contributed by atoms with Gasteiger partial charge in [-0.25, -0.2) is 14.1 Å². The third kappa shape index (κ3) is 6.34. The van der Waals surface area contributed by atoms with Crippen LogP contribution in [-0.4, -0.2) is 64.5 Å². The van der Waals surface area contributed by atoms with Gasteiger partial charge in [-0.05, 0) is 66.4 Å². The predicted molar refractivity (Wildman–Crippen MR) is 131 cm³/mol. The van der Waals surface area contributed by atoms with Crippen molar-refractivity contribution in [2.75, 3.05) is 38.3 Å². The second-order valence-electron chi connectivity index (χ2n) is 8.56. The maximum Gasteiger partial charge on any atom is 0.305 e. The highest BCUT2D eigenvalue weighted by atomic mass is 19.1. The van der Waals surface area contributed by atoms with Crippen LogP contribution in [0.1, 0.15) is 49.2 Å². The van der Waals surface area contributed by atoms with Crippen molar-refractivity contribution in [3.8, 4) is 5.75 Å². The number of anilines is 1. The van der Waals surface area contributed by atoms with E-state index in [1.807, 2.05) is 12.3 Å². The second kappa shape index (κ2) is 12.4. The average molecular weight is 498 g/mol. The summed E-state index contributed by atoms with van der Waals surface area (Å²) in [7, 11) is 1.54. The fourth-order valence-corrected chi connectivity index (χ4v) is 4.05. The van der Waals surface area contributed by atoms with Crippen LogP contribution >= 0.6 is 0 Å². The van der Waals surface area contributed by atoms with Crippen LogP contribution in [0.4, 0.5) is 10.2 Å². The fourth-order valence-electron chi connectivity index (χ4n) is 4.05. The van der Waals surface area contributed by atoms with Crippen molar-refractivity contribution < 1.29 is 18.7 Å². The lowest BCUT2D eigenvalue weighted by Crippen LogP contribution is -2.37. The van der Waals surface area contributed by atoms with E-state index in [1.165, 1.54) is 19.6 Å². The molecule has 10 nitrogen and oxygen atoms in total. The van der Waals surface area contributed by atoms with Crippen molar-refractivity contribution >= 4 is 11.8 Å². The summed E-state index contributed by atoms with van der Waals surface area (Å²) in [4.78, 5) is 18.5. The number of hydrogen-bond donors (Lipinski definition) is 1. The number of benzene rings is 1. The van der Waals surface area contributed by atoms with Gasteiger partial charge in [-0.3, -0.25) is 4.79 Å². The van der Waals surface area contributed by atoms with Crippen LogP contribution in [-0.2, 0) is 22.5 Å². The number of methoxy groups -OCH3 is 1. The van der Waals surface area contributed by atoms with E-state index in [0.717, 1.165) is 24.5 Å². The summed E-state index contributed by atoms with van der Waals surface area (Å²) < 4.78 is 26.9. The summed E-state index contributed by atoms with van der Waals surface area (Å²) in [6.45, 7) is 5.15. The number of hydrogen-bond acceptors (Lipinski definition) is 9. The number of halogens is 1. The molecule has 36 heavy (non-hydrogen) atoms. The predicted octanol–water partition coefficient (Wildman–Crippen LogP) is 2.69. The smallest absolute Gasteiger partial charge is 0.305 e. The molecule has 1 atom stereocenters. The van der Waals surface area contributed by atoms with Crippen LogP contribution in [0.3, 0.4) is 0 Å². The van der Waals surface area contributed by atoms with Gasteiger partial charge in [-0.15, -0.1) is 5.10 Å². The molecule has 11 heteroatoms. The normalized spacial score (nSPS) is 13.8. The number of nitrogens with zero attached hydrogens (tertiary/aromatic N) is 6. The molecule has 1 aromatic carbocycles. The molecule has 0 radical (unpaired) electrons. The minimum atomic E-state index is -0.619. The summed E-state index contributed by atoms with van der Waals surface area (Å²) in [5, 5.41) is 15.5. The van der Waals surface area contributed by atoms with E-state index in [1.54, 1.807) is 23.7 Å². The number of esters is 1.